The van der Waals surface area contributed by atoms with Crippen LogP contribution in [0.1, 0.15) is 22.2 Å². The maximum Gasteiger partial charge on any atom is 0.243 e. The summed E-state index contributed by atoms with van der Waals surface area (Å²) in [5.41, 5.74) is 0.868. The highest BCUT2D eigenvalue weighted by Crippen LogP contribution is 2.22. The molecule has 1 aromatic heterocycles. The van der Waals surface area contributed by atoms with Crippen molar-refractivity contribution in [2.24, 2.45) is 0 Å². The van der Waals surface area contributed by atoms with Gasteiger partial charge in [-0.15, -0.1) is 11.3 Å². The molecule has 0 saturated heterocycles. The van der Waals surface area contributed by atoms with Crippen LogP contribution in [-0.4, -0.2) is 38.0 Å². The number of amides is 1. The number of benzene rings is 2. The number of hydrogen-bond donors (Lipinski definition) is 0. The molecule has 0 radical (unpaired) electrons. The largest absolute Gasteiger partial charge is 0.306 e. The standard InChI is InChI=1S/C22H21FN2O4S2/c1-16(26)17-5-11-21(12-6-17)31(28,29)24(2)15-22(27)25(14-20-4-3-13-30-20)19-9-7-18(23)8-10-19/h3-13H,14-15H2,1-2H3. The van der Waals surface area contributed by atoms with Gasteiger partial charge in [0, 0.05) is 23.2 Å². The first-order valence-corrected chi connectivity index (χ1v) is 11.7. The van der Waals surface area contributed by atoms with Crippen LogP contribution in [0, 0.1) is 5.82 Å². The lowest BCUT2D eigenvalue weighted by Gasteiger charge is -2.25. The third-order valence-electron chi connectivity index (χ3n) is 4.66. The average molecular weight is 461 g/mol. The molecule has 0 atom stereocenters. The fourth-order valence-electron chi connectivity index (χ4n) is 2.91. The first kappa shape index (κ1) is 22.8. The molecule has 3 rings (SSSR count). The minimum Gasteiger partial charge on any atom is -0.306 e. The molecule has 9 heteroatoms. The molecule has 0 aliphatic carbocycles. The zero-order valence-corrected chi connectivity index (χ0v) is 18.6. The van der Waals surface area contributed by atoms with Crippen molar-refractivity contribution in [2.75, 3.05) is 18.5 Å². The van der Waals surface area contributed by atoms with E-state index in [9.17, 15) is 22.4 Å². The molecule has 31 heavy (non-hydrogen) atoms. The van der Waals surface area contributed by atoms with Crippen LogP contribution in [0.3, 0.4) is 0 Å². The molecule has 1 amide bonds. The average Bonchev–Trinajstić information content (AvgIpc) is 3.26. The van der Waals surface area contributed by atoms with Crippen LogP contribution in [0.15, 0.2) is 70.9 Å². The molecule has 6 nitrogen and oxygen atoms in total. The quantitative estimate of drug-likeness (QED) is 0.477. The number of halogens is 1. The Bertz CT molecular complexity index is 1160. The summed E-state index contributed by atoms with van der Waals surface area (Å²) in [7, 11) is -2.62. The lowest BCUT2D eigenvalue weighted by molar-refractivity contribution is -0.118. The highest BCUT2D eigenvalue weighted by Gasteiger charge is 2.26. The van der Waals surface area contributed by atoms with Crippen molar-refractivity contribution in [1.29, 1.82) is 0 Å². The second-order valence-electron chi connectivity index (χ2n) is 6.88. The predicted molar refractivity (Wildman–Crippen MR) is 118 cm³/mol. The van der Waals surface area contributed by atoms with Gasteiger partial charge in [-0.1, -0.05) is 18.2 Å². The van der Waals surface area contributed by atoms with E-state index in [0.717, 1.165) is 9.18 Å². The molecule has 0 N–H and O–H groups in total. The van der Waals surface area contributed by atoms with E-state index in [1.807, 2.05) is 17.5 Å². The first-order chi connectivity index (χ1) is 14.7. The number of thiophene rings is 1. The van der Waals surface area contributed by atoms with Gasteiger partial charge in [-0.2, -0.15) is 4.31 Å². The van der Waals surface area contributed by atoms with Gasteiger partial charge in [0.25, 0.3) is 0 Å². The van der Waals surface area contributed by atoms with Crippen molar-refractivity contribution in [3.05, 3.63) is 82.3 Å². The molecule has 0 saturated carbocycles. The van der Waals surface area contributed by atoms with Crippen LogP contribution in [0.5, 0.6) is 0 Å². The Balaban J connectivity index is 1.82. The van der Waals surface area contributed by atoms with Crippen LogP contribution in [0.4, 0.5) is 10.1 Å². The predicted octanol–water partition coefficient (Wildman–Crippen LogP) is 3.94. The van der Waals surface area contributed by atoms with Crippen LogP contribution in [-0.2, 0) is 21.4 Å². The number of hydrogen-bond acceptors (Lipinski definition) is 5. The molecule has 2 aromatic carbocycles. The number of anilines is 1. The summed E-state index contributed by atoms with van der Waals surface area (Å²) in [4.78, 5) is 26.8. The molecule has 0 aliphatic heterocycles. The number of carbonyl (C=O) groups excluding carboxylic acids is 2. The zero-order valence-electron chi connectivity index (χ0n) is 17.0. The van der Waals surface area contributed by atoms with Crippen LogP contribution >= 0.6 is 11.3 Å². The lowest BCUT2D eigenvalue weighted by Crippen LogP contribution is -2.41. The first-order valence-electron chi connectivity index (χ1n) is 9.34. The highest BCUT2D eigenvalue weighted by molar-refractivity contribution is 7.89. The number of sulfonamides is 1. The summed E-state index contributed by atoms with van der Waals surface area (Å²) in [5.74, 6) is -1.05. The minimum atomic E-state index is -3.94. The van der Waals surface area contributed by atoms with Gasteiger partial charge in [-0.25, -0.2) is 12.8 Å². The molecule has 0 spiro atoms. The Kier molecular flexibility index (Phi) is 6.99. The molecular weight excluding hydrogens is 439 g/mol. The van der Waals surface area contributed by atoms with Crippen molar-refractivity contribution in [3.63, 3.8) is 0 Å². The van der Waals surface area contributed by atoms with E-state index in [1.165, 1.54) is 78.7 Å². The summed E-state index contributed by atoms with van der Waals surface area (Å²) >= 11 is 1.46. The maximum absolute atomic E-state index is 13.4. The Morgan fingerprint density at radius 2 is 1.65 bits per heavy atom. The molecule has 162 valence electrons. The van der Waals surface area contributed by atoms with Crippen molar-refractivity contribution in [3.8, 4) is 0 Å². The molecule has 0 unspecified atom stereocenters. The Morgan fingerprint density at radius 1 is 1.00 bits per heavy atom. The van der Waals surface area contributed by atoms with E-state index in [-0.39, 0.29) is 17.2 Å². The van der Waals surface area contributed by atoms with E-state index in [4.69, 9.17) is 0 Å². The number of rotatable bonds is 8. The summed E-state index contributed by atoms with van der Waals surface area (Å²) < 4.78 is 40.1. The SMILES string of the molecule is CC(=O)c1ccc(S(=O)(=O)N(C)CC(=O)N(Cc2cccs2)c2ccc(F)cc2)cc1. The van der Waals surface area contributed by atoms with Crippen LogP contribution in [0.25, 0.3) is 0 Å². The van der Waals surface area contributed by atoms with Crippen LogP contribution < -0.4 is 4.90 Å². The summed E-state index contributed by atoms with van der Waals surface area (Å²) in [6.07, 6.45) is 0. The van der Waals surface area contributed by atoms with Crippen molar-refractivity contribution >= 4 is 38.7 Å². The number of carbonyl (C=O) groups is 2. The molecule has 0 fully saturated rings. The van der Waals surface area contributed by atoms with E-state index in [1.54, 1.807) is 0 Å². The smallest absolute Gasteiger partial charge is 0.243 e. The van der Waals surface area contributed by atoms with Crippen LogP contribution in [0.2, 0.25) is 0 Å². The van der Waals surface area contributed by atoms with Gasteiger partial charge < -0.3 is 4.90 Å². The summed E-state index contributed by atoms with van der Waals surface area (Å²) in [5, 5.41) is 1.88. The van der Waals surface area contributed by atoms with Crippen molar-refractivity contribution < 1.29 is 22.4 Å². The third-order valence-corrected chi connectivity index (χ3v) is 7.34. The Labute approximate surface area is 184 Å². The molecular formula is C22H21FN2O4S2. The van der Waals surface area contributed by atoms with Crippen molar-refractivity contribution in [1.82, 2.24) is 4.31 Å². The molecule has 0 bridgehead atoms. The van der Waals surface area contributed by atoms with Gasteiger partial charge in [0.1, 0.15) is 5.82 Å². The summed E-state index contributed by atoms with van der Waals surface area (Å²) in [6.45, 7) is 1.23. The van der Waals surface area contributed by atoms with Gasteiger partial charge in [0.15, 0.2) is 5.78 Å². The number of Topliss-reactive ketones (excluding diaryl/α,β-unsaturated/α-hetero) is 1. The van der Waals surface area contributed by atoms with Gasteiger partial charge in [0.2, 0.25) is 15.9 Å². The summed E-state index contributed by atoms with van der Waals surface area (Å²) in [6, 6.07) is 14.7. The number of ketones is 1. The maximum atomic E-state index is 13.4. The fraction of sp³-hybridized carbons (Fsp3) is 0.182. The van der Waals surface area contributed by atoms with Crippen molar-refractivity contribution in [2.45, 2.75) is 18.4 Å². The molecule has 0 aliphatic rings. The van der Waals surface area contributed by atoms with Gasteiger partial charge in [-0.3, -0.25) is 9.59 Å². The van der Waals surface area contributed by atoms with E-state index < -0.39 is 28.3 Å². The van der Waals surface area contributed by atoms with Gasteiger partial charge in [-0.05, 0) is 54.8 Å². The molecule has 3 aromatic rings. The highest BCUT2D eigenvalue weighted by atomic mass is 32.2. The van der Waals surface area contributed by atoms with E-state index in [2.05, 4.69) is 0 Å². The minimum absolute atomic E-state index is 0.0145. The second kappa shape index (κ2) is 9.51. The second-order valence-corrected chi connectivity index (χ2v) is 9.95. The van der Waals surface area contributed by atoms with Gasteiger partial charge >= 0.3 is 0 Å². The Hall–Kier alpha value is -2.88. The number of likely N-dealkylation sites (N-methyl/N-ethyl adjacent to an activating group) is 1. The lowest BCUT2D eigenvalue weighted by atomic mass is 10.2. The number of nitrogens with zero attached hydrogens (tertiary/aromatic N) is 2. The van der Waals surface area contributed by atoms with Gasteiger partial charge in [0.05, 0.1) is 18.0 Å². The third kappa shape index (κ3) is 5.43. The molecule has 1 heterocycles. The monoisotopic (exact) mass is 460 g/mol. The fourth-order valence-corrected chi connectivity index (χ4v) is 4.72. The normalized spacial score (nSPS) is 11.5. The zero-order chi connectivity index (χ0) is 22.6. The Morgan fingerprint density at radius 3 is 2.19 bits per heavy atom. The topological polar surface area (TPSA) is 74.8 Å². The van der Waals surface area contributed by atoms with E-state index in [0.29, 0.717) is 11.3 Å². The van der Waals surface area contributed by atoms with E-state index >= 15 is 0 Å².